The predicted octanol–water partition coefficient (Wildman–Crippen LogP) is 2.18. The van der Waals surface area contributed by atoms with Gasteiger partial charge in [-0.05, 0) is 43.0 Å². The second-order valence-electron chi connectivity index (χ2n) is 5.12. The van der Waals surface area contributed by atoms with Crippen LogP contribution in [0.5, 0.6) is 5.75 Å². The first-order valence-electron chi connectivity index (χ1n) is 6.66. The van der Waals surface area contributed by atoms with Gasteiger partial charge in [-0.15, -0.1) is 0 Å². The molecule has 1 aromatic heterocycles. The number of nitrogens with one attached hydrogen (secondary N) is 1. The van der Waals surface area contributed by atoms with E-state index in [0.717, 1.165) is 29.1 Å². The summed E-state index contributed by atoms with van der Waals surface area (Å²) in [6.07, 6.45) is 4.46. The van der Waals surface area contributed by atoms with Gasteiger partial charge in [-0.25, -0.2) is 0 Å². The first-order chi connectivity index (χ1) is 9.26. The molecule has 0 bridgehead atoms. The van der Waals surface area contributed by atoms with Crippen LogP contribution in [-0.2, 0) is 11.3 Å². The number of nitrogens with zero attached hydrogens (tertiary/aromatic N) is 1. The topological polar surface area (TPSA) is 43.3 Å². The lowest BCUT2D eigenvalue weighted by atomic mass is 10.2. The fourth-order valence-corrected chi connectivity index (χ4v) is 2.23. The minimum absolute atomic E-state index is 0.0835. The third-order valence-corrected chi connectivity index (χ3v) is 3.58. The Hall–Kier alpha value is -1.97. The fraction of sp³-hybridized carbons (Fsp3) is 0.400. The van der Waals surface area contributed by atoms with Gasteiger partial charge in [0.15, 0.2) is 0 Å². The minimum atomic E-state index is 0.0835. The molecule has 4 heteroatoms. The zero-order valence-corrected chi connectivity index (χ0v) is 11.1. The third kappa shape index (κ3) is 2.72. The molecule has 1 aliphatic rings. The molecule has 0 spiro atoms. The summed E-state index contributed by atoms with van der Waals surface area (Å²) in [5, 5.41) is 4.08. The van der Waals surface area contributed by atoms with Gasteiger partial charge >= 0.3 is 0 Å². The number of benzene rings is 1. The highest BCUT2D eigenvalue weighted by molar-refractivity contribution is 5.84. The Balaban J connectivity index is 1.71. The van der Waals surface area contributed by atoms with Crippen molar-refractivity contribution in [2.24, 2.45) is 5.92 Å². The molecule has 100 valence electrons. The summed E-state index contributed by atoms with van der Waals surface area (Å²) < 4.78 is 7.17. The molecule has 1 heterocycles. The summed E-state index contributed by atoms with van der Waals surface area (Å²) in [7, 11) is 1.66. The van der Waals surface area contributed by atoms with E-state index in [-0.39, 0.29) is 5.91 Å². The zero-order chi connectivity index (χ0) is 13.2. The molecule has 1 fully saturated rings. The second kappa shape index (κ2) is 4.96. The van der Waals surface area contributed by atoms with Crippen molar-refractivity contribution in [1.29, 1.82) is 0 Å². The molecule has 2 aromatic rings. The smallest absolute Gasteiger partial charge is 0.239 e. The van der Waals surface area contributed by atoms with Crippen LogP contribution in [0.2, 0.25) is 0 Å². The highest BCUT2D eigenvalue weighted by atomic mass is 16.5. The van der Waals surface area contributed by atoms with E-state index in [9.17, 15) is 4.79 Å². The van der Waals surface area contributed by atoms with Gasteiger partial charge in [-0.2, -0.15) is 0 Å². The molecule has 1 aromatic carbocycles. The molecular formula is C15H18N2O2. The SMILES string of the molecule is COc1ccc2c(ccn2CC(=O)NCC2CC2)c1. The number of carbonyl (C=O) groups excluding carboxylic acids is 1. The summed E-state index contributed by atoms with van der Waals surface area (Å²) in [6, 6.07) is 7.89. The number of methoxy groups -OCH3 is 1. The van der Waals surface area contributed by atoms with Crippen LogP contribution in [0.25, 0.3) is 10.9 Å². The van der Waals surface area contributed by atoms with E-state index in [0.29, 0.717) is 6.54 Å². The molecule has 1 N–H and O–H groups in total. The van der Waals surface area contributed by atoms with Gasteiger partial charge in [0.2, 0.25) is 5.91 Å². The van der Waals surface area contributed by atoms with Crippen LogP contribution < -0.4 is 10.1 Å². The maximum absolute atomic E-state index is 11.9. The van der Waals surface area contributed by atoms with Crippen LogP contribution in [0.4, 0.5) is 0 Å². The Morgan fingerprint density at radius 3 is 3.00 bits per heavy atom. The number of rotatable bonds is 5. The highest BCUT2D eigenvalue weighted by Crippen LogP contribution is 2.27. The average molecular weight is 258 g/mol. The summed E-state index contributed by atoms with van der Waals surface area (Å²) in [6.45, 7) is 1.20. The second-order valence-corrected chi connectivity index (χ2v) is 5.12. The van der Waals surface area contributed by atoms with Crippen LogP contribution in [0, 0.1) is 5.92 Å². The number of hydrogen-bond acceptors (Lipinski definition) is 2. The summed E-state index contributed by atoms with van der Waals surface area (Å²) in [4.78, 5) is 11.9. The van der Waals surface area contributed by atoms with Gasteiger partial charge in [0, 0.05) is 23.6 Å². The van der Waals surface area contributed by atoms with Crippen molar-refractivity contribution < 1.29 is 9.53 Å². The first kappa shape index (κ1) is 12.1. The lowest BCUT2D eigenvalue weighted by Gasteiger charge is -2.07. The zero-order valence-electron chi connectivity index (χ0n) is 11.1. The molecule has 0 unspecified atom stereocenters. The van der Waals surface area contributed by atoms with Crippen molar-refractivity contribution in [3.63, 3.8) is 0 Å². The van der Waals surface area contributed by atoms with Gasteiger partial charge in [-0.3, -0.25) is 4.79 Å². The molecule has 0 atom stereocenters. The van der Waals surface area contributed by atoms with Gasteiger partial charge in [0.05, 0.1) is 7.11 Å². The molecule has 19 heavy (non-hydrogen) atoms. The van der Waals surface area contributed by atoms with E-state index >= 15 is 0 Å². The average Bonchev–Trinajstić information content (AvgIpc) is 3.18. The molecule has 0 aliphatic heterocycles. The van der Waals surface area contributed by atoms with E-state index in [1.54, 1.807) is 7.11 Å². The monoisotopic (exact) mass is 258 g/mol. The van der Waals surface area contributed by atoms with Crippen LogP contribution in [0.1, 0.15) is 12.8 Å². The number of carbonyl (C=O) groups is 1. The first-order valence-corrected chi connectivity index (χ1v) is 6.66. The normalized spacial score (nSPS) is 14.6. The molecule has 1 saturated carbocycles. The standard InChI is InChI=1S/C15H18N2O2/c1-19-13-4-5-14-12(8-13)6-7-17(14)10-15(18)16-9-11-2-3-11/h4-8,11H,2-3,9-10H2,1H3,(H,16,18). The molecule has 0 saturated heterocycles. The van der Waals surface area contributed by atoms with Crippen molar-refractivity contribution in [2.75, 3.05) is 13.7 Å². The molecule has 4 nitrogen and oxygen atoms in total. The molecule has 3 rings (SSSR count). The Morgan fingerprint density at radius 2 is 2.26 bits per heavy atom. The predicted molar refractivity (Wildman–Crippen MR) is 74.2 cm³/mol. The van der Waals surface area contributed by atoms with Crippen LogP contribution in [0.15, 0.2) is 30.5 Å². The van der Waals surface area contributed by atoms with Crippen LogP contribution >= 0.6 is 0 Å². The van der Waals surface area contributed by atoms with E-state index < -0.39 is 0 Å². The lowest BCUT2D eigenvalue weighted by molar-refractivity contribution is -0.121. The largest absolute Gasteiger partial charge is 0.497 e. The lowest BCUT2D eigenvalue weighted by Crippen LogP contribution is -2.29. The summed E-state index contributed by atoms with van der Waals surface area (Å²) in [5.41, 5.74) is 1.06. The van der Waals surface area contributed by atoms with Gasteiger partial charge in [0.25, 0.3) is 0 Å². The van der Waals surface area contributed by atoms with Crippen LogP contribution in [0.3, 0.4) is 0 Å². The van der Waals surface area contributed by atoms with Crippen molar-refractivity contribution >= 4 is 16.8 Å². The molecule has 0 radical (unpaired) electrons. The van der Waals surface area contributed by atoms with Crippen molar-refractivity contribution in [2.45, 2.75) is 19.4 Å². The number of fused-ring (bicyclic) bond motifs is 1. The highest BCUT2D eigenvalue weighted by Gasteiger charge is 2.21. The van der Waals surface area contributed by atoms with Crippen molar-refractivity contribution in [1.82, 2.24) is 9.88 Å². The molecular weight excluding hydrogens is 240 g/mol. The van der Waals surface area contributed by atoms with Gasteiger partial charge in [0.1, 0.15) is 12.3 Å². The number of amides is 1. The molecule has 1 aliphatic carbocycles. The number of aromatic nitrogens is 1. The fourth-order valence-electron chi connectivity index (χ4n) is 2.23. The number of hydrogen-bond donors (Lipinski definition) is 1. The van der Waals surface area contributed by atoms with E-state index in [1.165, 1.54) is 12.8 Å². The van der Waals surface area contributed by atoms with E-state index in [2.05, 4.69) is 5.32 Å². The Kier molecular flexibility index (Phi) is 3.15. The van der Waals surface area contributed by atoms with E-state index in [1.807, 2.05) is 35.0 Å². The van der Waals surface area contributed by atoms with Crippen LogP contribution in [-0.4, -0.2) is 24.1 Å². The Bertz CT molecular complexity index is 599. The van der Waals surface area contributed by atoms with Gasteiger partial charge < -0.3 is 14.6 Å². The van der Waals surface area contributed by atoms with E-state index in [4.69, 9.17) is 4.74 Å². The maximum atomic E-state index is 11.9. The third-order valence-electron chi connectivity index (χ3n) is 3.58. The maximum Gasteiger partial charge on any atom is 0.239 e. The summed E-state index contributed by atoms with van der Waals surface area (Å²) in [5.74, 6) is 1.64. The number of ether oxygens (including phenoxy) is 1. The quantitative estimate of drug-likeness (QED) is 0.893. The molecule has 1 amide bonds. The van der Waals surface area contributed by atoms with Gasteiger partial charge in [-0.1, -0.05) is 0 Å². The van der Waals surface area contributed by atoms with Crippen molar-refractivity contribution in [3.8, 4) is 5.75 Å². The Morgan fingerprint density at radius 1 is 1.42 bits per heavy atom. The summed E-state index contributed by atoms with van der Waals surface area (Å²) >= 11 is 0. The minimum Gasteiger partial charge on any atom is -0.497 e. The Labute approximate surface area is 112 Å². The van der Waals surface area contributed by atoms with Crippen molar-refractivity contribution in [3.05, 3.63) is 30.5 Å².